The van der Waals surface area contributed by atoms with Gasteiger partial charge in [-0.15, -0.1) is 24.0 Å². The van der Waals surface area contributed by atoms with Gasteiger partial charge in [-0.25, -0.2) is 9.98 Å². The molecule has 0 amide bonds. The van der Waals surface area contributed by atoms with E-state index in [0.29, 0.717) is 12.4 Å². The number of guanidine groups is 1. The summed E-state index contributed by atoms with van der Waals surface area (Å²) in [5.74, 6) is 3.27. The van der Waals surface area contributed by atoms with Crippen LogP contribution in [-0.4, -0.2) is 60.0 Å². The predicted octanol–water partition coefficient (Wildman–Crippen LogP) is 3.33. The van der Waals surface area contributed by atoms with E-state index in [4.69, 9.17) is 9.41 Å². The normalized spacial score (nSPS) is 16.7. The van der Waals surface area contributed by atoms with Crippen LogP contribution in [0.4, 0.5) is 0 Å². The molecule has 150 valence electrons. The molecule has 0 radical (unpaired) electrons. The molecule has 0 saturated carbocycles. The zero-order valence-corrected chi connectivity index (χ0v) is 19.5. The number of nitrogens with zero attached hydrogens (tertiary/aromatic N) is 4. The van der Waals surface area contributed by atoms with Gasteiger partial charge in [-0.1, -0.05) is 34.6 Å². The molecule has 1 aliphatic heterocycles. The molecule has 1 fully saturated rings. The van der Waals surface area contributed by atoms with E-state index in [1.807, 2.05) is 6.20 Å². The number of halogens is 1. The highest BCUT2D eigenvalue weighted by Gasteiger charge is 2.21. The van der Waals surface area contributed by atoms with Crippen molar-refractivity contribution in [2.45, 2.75) is 53.5 Å². The summed E-state index contributed by atoms with van der Waals surface area (Å²) in [6.07, 6.45) is 1.82. The Balaban J connectivity index is 0.00000338. The highest BCUT2D eigenvalue weighted by Crippen LogP contribution is 2.22. The number of hydrogen-bond acceptors (Lipinski definition) is 4. The van der Waals surface area contributed by atoms with E-state index in [9.17, 15) is 0 Å². The second kappa shape index (κ2) is 10.5. The van der Waals surface area contributed by atoms with E-state index in [1.165, 1.54) is 6.54 Å². The number of rotatable bonds is 5. The maximum absolute atomic E-state index is 5.85. The van der Waals surface area contributed by atoms with Gasteiger partial charge < -0.3 is 14.6 Å². The molecule has 0 spiro atoms. The Morgan fingerprint density at radius 2 is 1.92 bits per heavy atom. The van der Waals surface area contributed by atoms with Crippen LogP contribution in [0, 0.1) is 5.92 Å². The third-order valence-corrected chi connectivity index (χ3v) is 4.29. The van der Waals surface area contributed by atoms with Crippen molar-refractivity contribution in [3.63, 3.8) is 0 Å². The van der Waals surface area contributed by atoms with Crippen molar-refractivity contribution in [1.82, 2.24) is 20.1 Å². The van der Waals surface area contributed by atoms with Crippen LogP contribution in [0.5, 0.6) is 0 Å². The quantitative estimate of drug-likeness (QED) is 0.401. The molecule has 0 unspecified atom stereocenters. The van der Waals surface area contributed by atoms with E-state index in [2.05, 4.69) is 61.6 Å². The topological polar surface area (TPSA) is 56.9 Å². The minimum absolute atomic E-state index is 0. The summed E-state index contributed by atoms with van der Waals surface area (Å²) in [5, 5.41) is 3.40. The fraction of sp³-hybridized carbons (Fsp3) is 0.789. The molecule has 1 aromatic rings. The average Bonchev–Trinajstić information content (AvgIpc) is 3.01. The van der Waals surface area contributed by atoms with Gasteiger partial charge in [0.25, 0.3) is 0 Å². The average molecular weight is 477 g/mol. The van der Waals surface area contributed by atoms with Crippen molar-refractivity contribution in [3.8, 4) is 0 Å². The van der Waals surface area contributed by atoms with Gasteiger partial charge in [-0.3, -0.25) is 4.90 Å². The van der Waals surface area contributed by atoms with Crippen molar-refractivity contribution in [3.05, 3.63) is 17.8 Å². The molecule has 1 aromatic heterocycles. The van der Waals surface area contributed by atoms with Crippen molar-refractivity contribution >= 4 is 29.9 Å². The number of aromatic nitrogens is 1. The van der Waals surface area contributed by atoms with E-state index in [-0.39, 0.29) is 29.4 Å². The molecule has 1 N–H and O–H groups in total. The zero-order valence-electron chi connectivity index (χ0n) is 17.2. The molecule has 2 rings (SSSR count). The van der Waals surface area contributed by atoms with Crippen LogP contribution in [0.1, 0.15) is 53.2 Å². The van der Waals surface area contributed by atoms with E-state index in [1.54, 1.807) is 0 Å². The second-order valence-corrected chi connectivity index (χ2v) is 8.22. The number of aliphatic imine (C=N–C) groups is 1. The summed E-state index contributed by atoms with van der Waals surface area (Å²) in [7, 11) is 0. The zero-order chi connectivity index (χ0) is 18.4. The maximum Gasteiger partial charge on any atom is 0.216 e. The lowest BCUT2D eigenvalue weighted by atomic mass is 9.94. The summed E-state index contributed by atoms with van der Waals surface area (Å²) in [5.41, 5.74) is -0.0216. The third-order valence-electron chi connectivity index (χ3n) is 4.29. The molecule has 0 atom stereocenters. The van der Waals surface area contributed by atoms with Crippen LogP contribution >= 0.6 is 24.0 Å². The minimum Gasteiger partial charge on any atom is -0.443 e. The van der Waals surface area contributed by atoms with Gasteiger partial charge >= 0.3 is 0 Å². The second-order valence-electron chi connectivity index (χ2n) is 8.22. The highest BCUT2D eigenvalue weighted by atomic mass is 127. The maximum atomic E-state index is 5.85. The van der Waals surface area contributed by atoms with Gasteiger partial charge in [0.15, 0.2) is 5.96 Å². The summed E-state index contributed by atoms with van der Waals surface area (Å²) >= 11 is 0. The van der Waals surface area contributed by atoms with Gasteiger partial charge in [0.1, 0.15) is 12.3 Å². The first kappa shape index (κ1) is 23.2. The Bertz CT molecular complexity index is 557. The smallest absolute Gasteiger partial charge is 0.216 e. The first-order chi connectivity index (χ1) is 11.8. The fourth-order valence-corrected chi connectivity index (χ4v) is 2.96. The standard InChI is InChI=1S/C19H35N5O.HI/c1-7-20-18(24-10-8-23(9-11-24)14-15(2)3)22-13-17-21-12-16(25-17)19(4,5)6;/h12,15H,7-11,13-14H2,1-6H3,(H,20,22);1H. The number of oxazole rings is 1. The van der Waals surface area contributed by atoms with Gasteiger partial charge in [0.05, 0.1) is 6.20 Å². The molecule has 26 heavy (non-hydrogen) atoms. The van der Waals surface area contributed by atoms with Crippen molar-refractivity contribution in [2.75, 3.05) is 39.3 Å². The molecule has 7 heteroatoms. The van der Waals surface area contributed by atoms with Gasteiger partial charge in [-0.05, 0) is 12.8 Å². The SMILES string of the molecule is CCNC(=NCc1ncc(C(C)(C)C)o1)N1CCN(CC(C)C)CC1.I. The molecule has 1 aliphatic rings. The van der Waals surface area contributed by atoms with Crippen LogP contribution in [0.15, 0.2) is 15.6 Å². The molecular weight excluding hydrogens is 441 g/mol. The molecular formula is C19H36IN5O. The molecule has 0 aliphatic carbocycles. The van der Waals surface area contributed by atoms with Crippen LogP contribution < -0.4 is 5.32 Å². The lowest BCUT2D eigenvalue weighted by molar-refractivity contribution is 0.164. The molecule has 0 bridgehead atoms. The molecule has 1 saturated heterocycles. The third kappa shape index (κ3) is 7.06. The highest BCUT2D eigenvalue weighted by molar-refractivity contribution is 14.0. The van der Waals surface area contributed by atoms with Crippen molar-refractivity contribution in [2.24, 2.45) is 10.9 Å². The first-order valence-electron chi connectivity index (χ1n) is 9.50. The summed E-state index contributed by atoms with van der Waals surface area (Å²) in [4.78, 5) is 14.0. The minimum atomic E-state index is -0.0216. The van der Waals surface area contributed by atoms with Crippen LogP contribution in [0.2, 0.25) is 0 Å². The Labute approximate surface area is 175 Å². The lowest BCUT2D eigenvalue weighted by Gasteiger charge is -2.37. The van der Waals surface area contributed by atoms with Gasteiger partial charge in [-0.2, -0.15) is 0 Å². The molecule has 2 heterocycles. The Kier molecular flexibility index (Phi) is 9.36. The number of nitrogens with one attached hydrogen (secondary N) is 1. The van der Waals surface area contributed by atoms with Crippen molar-refractivity contribution in [1.29, 1.82) is 0 Å². The van der Waals surface area contributed by atoms with E-state index < -0.39 is 0 Å². The van der Waals surface area contributed by atoms with Crippen molar-refractivity contribution < 1.29 is 4.42 Å². The Morgan fingerprint density at radius 1 is 1.27 bits per heavy atom. The fourth-order valence-electron chi connectivity index (χ4n) is 2.96. The lowest BCUT2D eigenvalue weighted by Crippen LogP contribution is -2.53. The molecule has 0 aromatic carbocycles. The van der Waals surface area contributed by atoms with E-state index in [0.717, 1.165) is 50.4 Å². The van der Waals surface area contributed by atoms with Gasteiger partial charge in [0.2, 0.25) is 5.89 Å². The molecule has 6 nitrogen and oxygen atoms in total. The summed E-state index contributed by atoms with van der Waals surface area (Å²) < 4.78 is 5.85. The van der Waals surface area contributed by atoms with Crippen LogP contribution in [-0.2, 0) is 12.0 Å². The van der Waals surface area contributed by atoms with Gasteiger partial charge in [0, 0.05) is 44.7 Å². The van der Waals surface area contributed by atoms with E-state index >= 15 is 0 Å². The number of piperazine rings is 1. The Morgan fingerprint density at radius 3 is 2.42 bits per heavy atom. The summed E-state index contributed by atoms with van der Waals surface area (Å²) in [6.45, 7) is 19.8. The Hall–Kier alpha value is -0.830. The monoisotopic (exact) mass is 477 g/mol. The van der Waals surface area contributed by atoms with Crippen LogP contribution in [0.25, 0.3) is 0 Å². The largest absolute Gasteiger partial charge is 0.443 e. The first-order valence-corrected chi connectivity index (χ1v) is 9.50. The summed E-state index contributed by atoms with van der Waals surface area (Å²) in [6, 6.07) is 0. The predicted molar refractivity (Wildman–Crippen MR) is 118 cm³/mol. The van der Waals surface area contributed by atoms with Crippen LogP contribution in [0.3, 0.4) is 0 Å². The number of hydrogen-bond donors (Lipinski definition) is 1.